The van der Waals surface area contributed by atoms with Crippen molar-refractivity contribution in [3.05, 3.63) is 35.9 Å². The monoisotopic (exact) mass is 320 g/mol. The summed E-state index contributed by atoms with van der Waals surface area (Å²) in [5.74, 6) is -0.187. The first-order chi connectivity index (χ1) is 11.2. The number of ether oxygens (including phenoxy) is 1. The minimum absolute atomic E-state index is 0.0241. The number of nitrogens with zero attached hydrogens (tertiary/aromatic N) is 1. The fourth-order valence-corrected chi connectivity index (χ4v) is 2.24. The predicted molar refractivity (Wildman–Crippen MR) is 86.9 cm³/mol. The largest absolute Gasteiger partial charge is 0.379 e. The van der Waals surface area contributed by atoms with Gasteiger partial charge in [-0.3, -0.25) is 9.69 Å². The maximum absolute atomic E-state index is 11.7. The maximum atomic E-state index is 11.7. The lowest BCUT2D eigenvalue weighted by molar-refractivity contribution is -0.120. The van der Waals surface area contributed by atoms with E-state index in [2.05, 4.69) is 20.9 Å². The summed E-state index contributed by atoms with van der Waals surface area (Å²) in [6.45, 7) is 5.08. The van der Waals surface area contributed by atoms with Crippen molar-refractivity contribution in [3.8, 4) is 0 Å². The number of hydrogen-bond donors (Lipinski definition) is 3. The molecule has 0 atom stereocenters. The van der Waals surface area contributed by atoms with Crippen LogP contribution in [-0.2, 0) is 16.1 Å². The number of urea groups is 1. The molecule has 2 rings (SSSR count). The summed E-state index contributed by atoms with van der Waals surface area (Å²) < 4.78 is 5.26. The van der Waals surface area contributed by atoms with Gasteiger partial charge in [-0.2, -0.15) is 0 Å². The van der Waals surface area contributed by atoms with E-state index in [4.69, 9.17) is 4.74 Å². The molecule has 0 aliphatic carbocycles. The van der Waals surface area contributed by atoms with E-state index in [1.165, 1.54) is 0 Å². The third kappa shape index (κ3) is 7.12. The van der Waals surface area contributed by atoms with Gasteiger partial charge in [-0.1, -0.05) is 30.3 Å². The number of rotatable bonds is 7. The number of carbonyl (C=O) groups is 2. The number of carbonyl (C=O) groups excluding carboxylic acids is 2. The van der Waals surface area contributed by atoms with Crippen molar-refractivity contribution in [3.63, 3.8) is 0 Å². The molecule has 1 aliphatic rings. The summed E-state index contributed by atoms with van der Waals surface area (Å²) >= 11 is 0. The first-order valence-corrected chi connectivity index (χ1v) is 7.86. The molecule has 1 aliphatic heterocycles. The van der Waals surface area contributed by atoms with Gasteiger partial charge >= 0.3 is 6.03 Å². The zero-order valence-corrected chi connectivity index (χ0v) is 13.2. The topological polar surface area (TPSA) is 82.7 Å². The van der Waals surface area contributed by atoms with Crippen molar-refractivity contribution in [2.45, 2.75) is 6.54 Å². The van der Waals surface area contributed by atoms with E-state index in [0.717, 1.165) is 38.4 Å². The Hall–Kier alpha value is -2.12. The zero-order valence-electron chi connectivity index (χ0n) is 13.2. The highest BCUT2D eigenvalue weighted by molar-refractivity contribution is 5.83. The second-order valence-electron chi connectivity index (χ2n) is 5.33. The highest BCUT2D eigenvalue weighted by atomic mass is 16.5. The van der Waals surface area contributed by atoms with Gasteiger partial charge in [-0.15, -0.1) is 0 Å². The molecule has 1 fully saturated rings. The summed E-state index contributed by atoms with van der Waals surface area (Å²) in [6, 6.07) is 9.26. The Labute approximate surface area is 136 Å². The molecule has 3 amide bonds. The predicted octanol–water partition coefficient (Wildman–Crippen LogP) is -0.0658. The molecule has 1 heterocycles. The quantitative estimate of drug-likeness (QED) is 0.657. The molecule has 23 heavy (non-hydrogen) atoms. The van der Waals surface area contributed by atoms with Crippen molar-refractivity contribution >= 4 is 11.9 Å². The minimum atomic E-state index is -0.350. The number of benzene rings is 1. The third-order valence-corrected chi connectivity index (χ3v) is 3.56. The highest BCUT2D eigenvalue weighted by Gasteiger charge is 2.10. The van der Waals surface area contributed by atoms with Crippen LogP contribution in [0.15, 0.2) is 30.3 Å². The fourth-order valence-electron chi connectivity index (χ4n) is 2.24. The number of morpholine rings is 1. The van der Waals surface area contributed by atoms with E-state index < -0.39 is 0 Å². The second-order valence-corrected chi connectivity index (χ2v) is 5.33. The minimum Gasteiger partial charge on any atom is -0.379 e. The molecular weight excluding hydrogens is 296 g/mol. The SMILES string of the molecule is O=C(CNC(=O)NCc1ccccc1)NCCN1CCOCC1. The van der Waals surface area contributed by atoms with Crippen LogP contribution in [-0.4, -0.2) is 62.8 Å². The molecule has 1 aromatic rings. The number of hydrogen-bond acceptors (Lipinski definition) is 4. The Balaban J connectivity index is 1.52. The van der Waals surface area contributed by atoms with Gasteiger partial charge in [0.2, 0.25) is 5.91 Å². The standard InChI is InChI=1S/C16H24N4O3/c21-15(17-6-7-20-8-10-23-11-9-20)13-19-16(22)18-12-14-4-2-1-3-5-14/h1-5H,6-13H2,(H,17,21)(H2,18,19,22). The summed E-state index contributed by atoms with van der Waals surface area (Å²) in [5, 5.41) is 8.05. The van der Waals surface area contributed by atoms with Gasteiger partial charge in [0, 0.05) is 32.7 Å². The van der Waals surface area contributed by atoms with E-state index in [1.54, 1.807) is 0 Å². The van der Waals surface area contributed by atoms with Crippen molar-refractivity contribution in [2.24, 2.45) is 0 Å². The Kier molecular flexibility index (Phi) is 7.35. The van der Waals surface area contributed by atoms with E-state index >= 15 is 0 Å². The number of nitrogens with one attached hydrogen (secondary N) is 3. The molecule has 0 aromatic heterocycles. The van der Waals surface area contributed by atoms with Crippen molar-refractivity contribution in [1.82, 2.24) is 20.9 Å². The van der Waals surface area contributed by atoms with Crippen molar-refractivity contribution < 1.29 is 14.3 Å². The molecular formula is C16H24N4O3. The van der Waals surface area contributed by atoms with Gasteiger partial charge in [0.1, 0.15) is 0 Å². The van der Waals surface area contributed by atoms with Crippen LogP contribution in [0.25, 0.3) is 0 Å². The molecule has 0 spiro atoms. The molecule has 0 radical (unpaired) electrons. The highest BCUT2D eigenvalue weighted by Crippen LogP contribution is 1.96. The van der Waals surface area contributed by atoms with Crippen LogP contribution in [0, 0.1) is 0 Å². The lowest BCUT2D eigenvalue weighted by Crippen LogP contribution is -2.45. The van der Waals surface area contributed by atoms with Crippen molar-refractivity contribution in [2.75, 3.05) is 45.9 Å². The molecule has 1 saturated heterocycles. The molecule has 7 nitrogen and oxygen atoms in total. The zero-order chi connectivity index (χ0) is 16.3. The van der Waals surface area contributed by atoms with E-state index in [1.807, 2.05) is 30.3 Å². The third-order valence-electron chi connectivity index (χ3n) is 3.56. The van der Waals surface area contributed by atoms with Gasteiger partial charge in [-0.05, 0) is 5.56 Å². The molecule has 3 N–H and O–H groups in total. The molecule has 7 heteroatoms. The molecule has 1 aromatic carbocycles. The molecule has 126 valence electrons. The van der Waals surface area contributed by atoms with E-state index in [-0.39, 0.29) is 18.5 Å². The lowest BCUT2D eigenvalue weighted by atomic mass is 10.2. The van der Waals surface area contributed by atoms with Crippen LogP contribution < -0.4 is 16.0 Å². The van der Waals surface area contributed by atoms with Gasteiger partial charge in [0.15, 0.2) is 0 Å². The fraction of sp³-hybridized carbons (Fsp3) is 0.500. The Morgan fingerprint density at radius 1 is 1.04 bits per heavy atom. The van der Waals surface area contributed by atoms with E-state index in [0.29, 0.717) is 13.1 Å². The Morgan fingerprint density at radius 3 is 2.52 bits per heavy atom. The maximum Gasteiger partial charge on any atom is 0.315 e. The first kappa shape index (κ1) is 17.2. The lowest BCUT2D eigenvalue weighted by Gasteiger charge is -2.26. The second kappa shape index (κ2) is 9.81. The van der Waals surface area contributed by atoms with Gasteiger partial charge in [0.25, 0.3) is 0 Å². The Morgan fingerprint density at radius 2 is 1.78 bits per heavy atom. The average Bonchev–Trinajstić information content (AvgIpc) is 2.60. The number of amides is 3. The first-order valence-electron chi connectivity index (χ1n) is 7.86. The van der Waals surface area contributed by atoms with Gasteiger partial charge in [-0.25, -0.2) is 4.79 Å². The van der Waals surface area contributed by atoms with Gasteiger partial charge < -0.3 is 20.7 Å². The van der Waals surface area contributed by atoms with Crippen LogP contribution in [0.3, 0.4) is 0 Å². The van der Waals surface area contributed by atoms with Crippen LogP contribution in [0.4, 0.5) is 4.79 Å². The van der Waals surface area contributed by atoms with Crippen LogP contribution in [0.5, 0.6) is 0 Å². The van der Waals surface area contributed by atoms with Gasteiger partial charge in [0.05, 0.1) is 19.8 Å². The Bertz CT molecular complexity index is 489. The summed E-state index contributed by atoms with van der Waals surface area (Å²) in [7, 11) is 0. The summed E-state index contributed by atoms with van der Waals surface area (Å²) in [6.07, 6.45) is 0. The van der Waals surface area contributed by atoms with Crippen LogP contribution in [0.2, 0.25) is 0 Å². The van der Waals surface area contributed by atoms with Crippen LogP contribution >= 0.6 is 0 Å². The molecule has 0 saturated carbocycles. The molecule has 0 unspecified atom stereocenters. The van der Waals surface area contributed by atoms with Crippen LogP contribution in [0.1, 0.15) is 5.56 Å². The molecule has 0 bridgehead atoms. The smallest absolute Gasteiger partial charge is 0.315 e. The normalized spacial score (nSPS) is 15.0. The average molecular weight is 320 g/mol. The summed E-state index contributed by atoms with van der Waals surface area (Å²) in [4.78, 5) is 25.5. The summed E-state index contributed by atoms with van der Waals surface area (Å²) in [5.41, 5.74) is 1.01. The van der Waals surface area contributed by atoms with E-state index in [9.17, 15) is 9.59 Å². The van der Waals surface area contributed by atoms with Crippen molar-refractivity contribution in [1.29, 1.82) is 0 Å².